The molecule has 3 rings (SSSR count). The molecule has 29 heavy (non-hydrogen) atoms. The Labute approximate surface area is 215 Å². The normalized spacial score (nSPS) is 14.8. The molecule has 2 radical (unpaired) electrons. The van der Waals surface area contributed by atoms with E-state index in [0.29, 0.717) is 19.0 Å². The monoisotopic (exact) mass is 560 g/mol. The van der Waals surface area contributed by atoms with Crippen molar-refractivity contribution in [1.82, 2.24) is 0 Å². The molecule has 0 saturated carbocycles. The summed E-state index contributed by atoms with van der Waals surface area (Å²) < 4.78 is 60.4. The maximum Gasteiger partial charge on any atom is 0.569 e. The molecular weight excluding hydrogens is 547 g/mol. The van der Waals surface area contributed by atoms with Gasteiger partial charge in [0.25, 0.3) is 0 Å². The number of halogens is 3. The second kappa shape index (κ2) is 12.3. The molecule has 1 aliphatic rings. The summed E-state index contributed by atoms with van der Waals surface area (Å²) >= 11 is 0. The van der Waals surface area contributed by atoms with E-state index in [1.807, 2.05) is 0 Å². The van der Waals surface area contributed by atoms with Crippen LogP contribution in [0.5, 0.6) is 17.2 Å². The smallest absolute Gasteiger partial charge is 0.549 e. The summed E-state index contributed by atoms with van der Waals surface area (Å²) in [6.45, 7) is 1.22. The van der Waals surface area contributed by atoms with Crippen LogP contribution in [-0.2, 0) is 74.9 Å². The molecule has 2 aromatic rings. The van der Waals surface area contributed by atoms with Crippen LogP contribution >= 0.6 is 0 Å². The van der Waals surface area contributed by atoms with Gasteiger partial charge in [0.2, 0.25) is 0 Å². The number of benzene rings is 2. The zero-order valence-corrected chi connectivity index (χ0v) is 20.6. The van der Waals surface area contributed by atoms with Gasteiger partial charge < -0.3 is 35.8 Å². The zero-order valence-electron chi connectivity index (χ0n) is 14.9. The van der Waals surface area contributed by atoms with Gasteiger partial charge in [0.15, 0.2) is 6.79 Å². The molecule has 0 aromatic heterocycles. The van der Waals surface area contributed by atoms with Crippen LogP contribution in [0.2, 0.25) is 0 Å². The minimum absolute atomic E-state index is 0. The van der Waals surface area contributed by atoms with Crippen molar-refractivity contribution in [1.29, 1.82) is 0 Å². The maximum atomic E-state index is 12.1. The Kier molecular flexibility index (Phi) is 11.2. The molecule has 1 unspecified atom stereocenters. The third-order valence-corrected chi connectivity index (χ3v) is 3.22. The van der Waals surface area contributed by atoms with E-state index in [1.54, 1.807) is 12.1 Å². The van der Waals surface area contributed by atoms with E-state index in [2.05, 4.69) is 16.9 Å². The van der Waals surface area contributed by atoms with Crippen LogP contribution in [0.4, 0.5) is 13.2 Å². The van der Waals surface area contributed by atoms with E-state index in [9.17, 15) is 18.0 Å². The average Bonchev–Trinajstić information content (AvgIpc) is 3.44. The van der Waals surface area contributed by atoms with Crippen molar-refractivity contribution in [2.24, 2.45) is 0 Å². The van der Waals surface area contributed by atoms with E-state index >= 15 is 0 Å². The quantitative estimate of drug-likeness (QED) is 0.124. The number of alkyl halides is 3. The molecule has 150 valence electrons. The molecule has 0 aliphatic carbocycles. The van der Waals surface area contributed by atoms with Gasteiger partial charge in [-0.25, -0.2) is 4.79 Å². The predicted molar refractivity (Wildman–Crippen MR) is 83.4 cm³/mol. The number of ether oxygens (including phenoxy) is 5. The standard InChI is InChI=1S/C18H13F3O6.2Y/c19-18(20,21)27-15-7-5-14(6-8-15)26-17(22)12-1-3-13(4-2-12)25-11-23-9-16-10-24-16;;/h1-6,16H,9-11H2;;/q-2;;. The Hall–Kier alpha value is -0.572. The molecule has 1 atom stereocenters. The first kappa shape index (κ1) is 26.5. The summed E-state index contributed by atoms with van der Waals surface area (Å²) in [6, 6.07) is 12.6. The fourth-order valence-corrected chi connectivity index (χ4v) is 1.90. The Morgan fingerprint density at radius 3 is 2.28 bits per heavy atom. The summed E-state index contributed by atoms with van der Waals surface area (Å²) in [5.41, 5.74) is 0.227. The molecule has 0 N–H and O–H groups in total. The summed E-state index contributed by atoms with van der Waals surface area (Å²) in [4.78, 5) is 12.0. The fraction of sp³-hybridized carbons (Fsp3) is 0.278. The van der Waals surface area contributed by atoms with Crippen LogP contribution in [-0.4, -0.2) is 38.4 Å². The molecule has 1 heterocycles. The van der Waals surface area contributed by atoms with Crippen LogP contribution in [0.25, 0.3) is 0 Å². The Morgan fingerprint density at radius 1 is 1.10 bits per heavy atom. The number of carbonyl (C=O) groups is 1. The number of hydrogen-bond donors (Lipinski definition) is 0. The van der Waals surface area contributed by atoms with Gasteiger partial charge in [-0.1, -0.05) is 0 Å². The molecular formula is C18H13F3O6Y2-2. The van der Waals surface area contributed by atoms with E-state index in [-0.39, 0.29) is 89.6 Å². The SMILES string of the molecule is O=C(Oc1c[c-]c(OC(F)(F)F)[c-]c1)c1ccc(OCOCC2CO2)cc1.[Y].[Y]. The average molecular weight is 560 g/mol. The van der Waals surface area contributed by atoms with Gasteiger partial charge in [0.05, 0.1) is 18.8 Å². The van der Waals surface area contributed by atoms with Gasteiger partial charge in [-0.2, -0.15) is 0 Å². The topological polar surface area (TPSA) is 66.5 Å². The summed E-state index contributed by atoms with van der Waals surface area (Å²) in [7, 11) is 0. The Balaban J connectivity index is 0.00000210. The fourth-order valence-electron chi connectivity index (χ4n) is 1.90. The number of hydrogen-bond acceptors (Lipinski definition) is 6. The van der Waals surface area contributed by atoms with Crippen molar-refractivity contribution in [2.45, 2.75) is 12.5 Å². The molecule has 11 heteroatoms. The first-order chi connectivity index (χ1) is 12.9. The first-order valence-electron chi connectivity index (χ1n) is 7.72. The van der Waals surface area contributed by atoms with Gasteiger partial charge in [-0.3, -0.25) is 12.1 Å². The van der Waals surface area contributed by atoms with E-state index in [1.165, 1.54) is 12.1 Å². The summed E-state index contributed by atoms with van der Waals surface area (Å²) in [6.07, 6.45) is -4.69. The van der Waals surface area contributed by atoms with Crippen molar-refractivity contribution >= 4 is 5.97 Å². The van der Waals surface area contributed by atoms with Crippen molar-refractivity contribution < 1.29 is 107 Å². The van der Waals surface area contributed by atoms with Crippen LogP contribution in [0.3, 0.4) is 0 Å². The molecule has 0 spiro atoms. The number of rotatable bonds is 8. The van der Waals surface area contributed by atoms with Gasteiger partial charge in [0.1, 0.15) is 11.9 Å². The number of carbonyl (C=O) groups excluding carboxylic acids is 1. The Morgan fingerprint density at radius 2 is 1.72 bits per heavy atom. The van der Waals surface area contributed by atoms with Gasteiger partial charge in [-0.05, 0) is 24.3 Å². The third kappa shape index (κ3) is 9.85. The molecule has 1 fully saturated rings. The van der Waals surface area contributed by atoms with Crippen molar-refractivity contribution in [3.8, 4) is 17.2 Å². The zero-order chi connectivity index (χ0) is 19.3. The second-order valence-electron chi connectivity index (χ2n) is 5.36. The molecule has 0 amide bonds. The van der Waals surface area contributed by atoms with Crippen LogP contribution in [0, 0.1) is 12.1 Å². The molecule has 1 saturated heterocycles. The third-order valence-electron chi connectivity index (χ3n) is 3.22. The maximum absolute atomic E-state index is 12.1. The first-order valence-corrected chi connectivity index (χ1v) is 7.72. The van der Waals surface area contributed by atoms with E-state index in [4.69, 9.17) is 18.9 Å². The van der Waals surface area contributed by atoms with Crippen LogP contribution in [0.1, 0.15) is 10.4 Å². The minimum atomic E-state index is -4.84. The second-order valence-corrected chi connectivity index (χ2v) is 5.36. The Bertz CT molecular complexity index is 765. The number of esters is 1. The summed E-state index contributed by atoms with van der Waals surface area (Å²) in [5, 5.41) is 0. The van der Waals surface area contributed by atoms with Crippen LogP contribution < -0.4 is 14.2 Å². The van der Waals surface area contributed by atoms with Gasteiger partial charge in [0, 0.05) is 65.4 Å². The summed E-state index contributed by atoms with van der Waals surface area (Å²) in [5.74, 6) is -0.877. The van der Waals surface area contributed by atoms with Crippen LogP contribution in [0.15, 0.2) is 36.4 Å². The van der Waals surface area contributed by atoms with Gasteiger partial charge in [-0.15, -0.1) is 24.7 Å². The van der Waals surface area contributed by atoms with Crippen molar-refractivity contribution in [2.75, 3.05) is 20.0 Å². The molecule has 6 nitrogen and oxygen atoms in total. The largest absolute Gasteiger partial charge is 0.569 e. The molecule has 0 bridgehead atoms. The molecule has 1 aliphatic heterocycles. The van der Waals surface area contributed by atoms with E-state index < -0.39 is 18.1 Å². The number of epoxide rings is 1. The van der Waals surface area contributed by atoms with Crippen molar-refractivity contribution in [3.05, 3.63) is 54.1 Å². The van der Waals surface area contributed by atoms with E-state index in [0.717, 1.165) is 12.1 Å². The predicted octanol–water partition coefficient (Wildman–Crippen LogP) is 3.15. The van der Waals surface area contributed by atoms with Gasteiger partial charge >= 0.3 is 12.3 Å². The van der Waals surface area contributed by atoms with Crippen molar-refractivity contribution in [3.63, 3.8) is 0 Å². The minimum Gasteiger partial charge on any atom is -0.549 e. The molecule has 2 aromatic carbocycles.